The Kier molecular flexibility index (Phi) is 5.69. The molecule has 0 aliphatic carbocycles. The lowest BCUT2D eigenvalue weighted by atomic mass is 10.0. The van der Waals surface area contributed by atoms with Crippen molar-refractivity contribution >= 4 is 23.6 Å². The van der Waals surface area contributed by atoms with Gasteiger partial charge in [0.1, 0.15) is 6.29 Å². The minimum atomic E-state index is 0.0452. The summed E-state index contributed by atoms with van der Waals surface area (Å²) in [4.78, 5) is 14.0. The van der Waals surface area contributed by atoms with E-state index >= 15 is 0 Å². The lowest BCUT2D eigenvalue weighted by molar-refractivity contribution is -0.104. The van der Waals surface area contributed by atoms with Crippen molar-refractivity contribution in [1.29, 1.82) is 10.7 Å². The Balaban J connectivity index is 1.91. The van der Waals surface area contributed by atoms with Gasteiger partial charge in [0.15, 0.2) is 0 Å². The monoisotopic (exact) mass is 379 g/mol. The molecule has 1 aliphatic rings. The molecule has 3 rings (SSSR count). The third-order valence-corrected chi connectivity index (χ3v) is 5.77. The molecule has 2 heterocycles. The Morgan fingerprint density at radius 3 is 2.89 bits per heavy atom. The van der Waals surface area contributed by atoms with Crippen LogP contribution in [0, 0.1) is 16.7 Å². The summed E-state index contributed by atoms with van der Waals surface area (Å²) in [5.41, 5.74) is 6.50. The number of hydrogen-bond donors (Lipinski definition) is 2. The number of carbonyl (C=O) groups excluding carboxylic acids is 1. The van der Waals surface area contributed by atoms with E-state index in [0.29, 0.717) is 17.9 Å². The van der Waals surface area contributed by atoms with Gasteiger partial charge in [-0.3, -0.25) is 15.2 Å². The summed E-state index contributed by atoms with van der Waals surface area (Å²) < 4.78 is 0. The zero-order chi connectivity index (χ0) is 19.4. The van der Waals surface area contributed by atoms with E-state index in [1.54, 1.807) is 29.5 Å². The number of hydrogen-bond acceptors (Lipinski definition) is 5. The minimum Gasteiger partial charge on any atom is -0.337 e. The Labute approximate surface area is 162 Å². The Hall–Kier alpha value is -2.95. The van der Waals surface area contributed by atoms with Gasteiger partial charge < -0.3 is 4.90 Å². The van der Waals surface area contributed by atoms with Crippen molar-refractivity contribution < 1.29 is 4.79 Å². The normalized spacial score (nSPS) is 19.1. The van der Waals surface area contributed by atoms with E-state index in [-0.39, 0.29) is 6.04 Å². The number of nitrogens with one attached hydrogen (secondary N) is 2. The average molecular weight is 379 g/mol. The highest BCUT2D eigenvalue weighted by Gasteiger charge is 2.30. The zero-order valence-electron chi connectivity index (χ0n) is 15.3. The molecule has 0 saturated carbocycles. The second-order valence-electron chi connectivity index (χ2n) is 6.27. The molecular weight excluding hydrogens is 358 g/mol. The average Bonchev–Trinajstić information content (AvgIpc) is 3.14. The van der Waals surface area contributed by atoms with E-state index in [9.17, 15) is 4.79 Å². The first-order valence-corrected chi connectivity index (χ1v) is 9.49. The first kappa shape index (κ1) is 18.8. The Bertz CT molecular complexity index is 926. The van der Waals surface area contributed by atoms with Crippen molar-refractivity contribution in [3.63, 3.8) is 0 Å². The molecule has 2 aromatic rings. The fourth-order valence-electron chi connectivity index (χ4n) is 3.30. The van der Waals surface area contributed by atoms with Crippen LogP contribution in [0.5, 0.6) is 0 Å². The van der Waals surface area contributed by atoms with Gasteiger partial charge in [0, 0.05) is 24.7 Å². The first-order chi connectivity index (χ1) is 13.1. The van der Waals surface area contributed by atoms with E-state index in [1.807, 2.05) is 30.1 Å². The number of allylic oxidation sites excluding steroid dienone is 2. The number of aldehydes is 1. The summed E-state index contributed by atoms with van der Waals surface area (Å²) in [7, 11) is 3.64. The Morgan fingerprint density at radius 1 is 1.37 bits per heavy atom. The summed E-state index contributed by atoms with van der Waals surface area (Å²) in [5.74, 6) is 0.300. The molecule has 6 nitrogen and oxygen atoms in total. The fourth-order valence-corrected chi connectivity index (χ4v) is 4.39. The third-order valence-electron chi connectivity index (χ3n) is 4.73. The van der Waals surface area contributed by atoms with Gasteiger partial charge in [-0.15, -0.1) is 11.3 Å². The molecular formula is C20H21N5OS. The van der Waals surface area contributed by atoms with Gasteiger partial charge in [-0.25, -0.2) is 5.43 Å². The van der Waals surface area contributed by atoms with Gasteiger partial charge in [-0.1, -0.05) is 12.1 Å². The number of benzene rings is 1. The fraction of sp³-hybridized carbons (Fsp3) is 0.250. The van der Waals surface area contributed by atoms with Gasteiger partial charge in [-0.2, -0.15) is 5.26 Å². The van der Waals surface area contributed by atoms with E-state index in [2.05, 4.69) is 22.9 Å². The summed E-state index contributed by atoms with van der Waals surface area (Å²) in [6, 6.07) is 11.9. The molecule has 0 amide bonds. The van der Waals surface area contributed by atoms with Crippen LogP contribution in [0.3, 0.4) is 0 Å². The molecule has 1 atom stereocenters. The summed E-state index contributed by atoms with van der Waals surface area (Å²) in [6.45, 7) is 0. The number of guanidine groups is 1. The highest BCUT2D eigenvalue weighted by molar-refractivity contribution is 7.10. The van der Waals surface area contributed by atoms with Crippen LogP contribution < -0.4 is 5.43 Å². The molecule has 0 bridgehead atoms. The SMILES string of the molecule is CNN1C(=N)N(C)C(c2cc(-c3cccc(C#N)c3)cs2)CC/C1=C/C=O. The maximum Gasteiger partial charge on any atom is 0.213 e. The molecule has 138 valence electrons. The molecule has 27 heavy (non-hydrogen) atoms. The standard InChI is InChI=1S/C20H21N5OS/c1-23-25-17(8-9-26)6-7-18(24(2)20(25)22)19-11-16(13-27-19)15-5-3-4-14(10-15)12-21/h3-5,8-11,13,18,22-23H,6-7H2,1-2H3/b17-8-,22-20?. The first-order valence-electron chi connectivity index (χ1n) is 8.61. The summed E-state index contributed by atoms with van der Waals surface area (Å²) in [6.07, 6.45) is 3.76. The molecule has 0 radical (unpaired) electrons. The van der Waals surface area contributed by atoms with Crippen LogP contribution in [0.25, 0.3) is 11.1 Å². The smallest absolute Gasteiger partial charge is 0.213 e. The lowest BCUT2D eigenvalue weighted by Crippen LogP contribution is -2.46. The van der Waals surface area contributed by atoms with Gasteiger partial charge in [0.2, 0.25) is 5.96 Å². The number of nitriles is 1. The van der Waals surface area contributed by atoms with E-state index in [4.69, 9.17) is 10.7 Å². The molecule has 2 N–H and O–H groups in total. The van der Waals surface area contributed by atoms with Gasteiger partial charge in [0.05, 0.1) is 17.7 Å². The van der Waals surface area contributed by atoms with Crippen molar-refractivity contribution in [2.75, 3.05) is 14.1 Å². The molecule has 7 heteroatoms. The van der Waals surface area contributed by atoms with Crippen LogP contribution in [-0.4, -0.2) is 36.2 Å². The van der Waals surface area contributed by atoms with E-state index in [0.717, 1.165) is 34.4 Å². The molecule has 1 saturated heterocycles. The van der Waals surface area contributed by atoms with Crippen molar-refractivity contribution in [2.24, 2.45) is 0 Å². The number of hydrazine groups is 1. The van der Waals surface area contributed by atoms with Gasteiger partial charge >= 0.3 is 0 Å². The van der Waals surface area contributed by atoms with Crippen LogP contribution in [0.2, 0.25) is 0 Å². The van der Waals surface area contributed by atoms with Crippen molar-refractivity contribution in [3.05, 3.63) is 57.9 Å². The number of nitrogens with zero attached hydrogens (tertiary/aromatic N) is 3. The number of rotatable bonds is 4. The maximum absolute atomic E-state index is 11.0. The highest BCUT2D eigenvalue weighted by atomic mass is 32.1. The predicted octanol–water partition coefficient (Wildman–Crippen LogP) is 3.51. The van der Waals surface area contributed by atoms with Crippen LogP contribution >= 0.6 is 11.3 Å². The quantitative estimate of drug-likeness (QED) is 0.627. The van der Waals surface area contributed by atoms with Crippen molar-refractivity contribution in [3.8, 4) is 17.2 Å². The largest absolute Gasteiger partial charge is 0.337 e. The predicted molar refractivity (Wildman–Crippen MR) is 107 cm³/mol. The molecule has 1 unspecified atom stereocenters. The minimum absolute atomic E-state index is 0.0452. The lowest BCUT2D eigenvalue weighted by Gasteiger charge is -2.31. The van der Waals surface area contributed by atoms with Crippen LogP contribution in [0.1, 0.15) is 29.3 Å². The molecule has 1 aromatic heterocycles. The maximum atomic E-state index is 11.0. The van der Waals surface area contributed by atoms with E-state index in [1.165, 1.54) is 6.08 Å². The van der Waals surface area contributed by atoms with Crippen LogP contribution in [-0.2, 0) is 4.79 Å². The van der Waals surface area contributed by atoms with E-state index < -0.39 is 0 Å². The van der Waals surface area contributed by atoms with Crippen LogP contribution in [0.4, 0.5) is 0 Å². The molecule has 1 aliphatic heterocycles. The zero-order valence-corrected chi connectivity index (χ0v) is 16.1. The molecule has 1 fully saturated rings. The van der Waals surface area contributed by atoms with Crippen LogP contribution in [0.15, 0.2) is 47.5 Å². The highest BCUT2D eigenvalue weighted by Crippen LogP contribution is 2.37. The van der Waals surface area contributed by atoms with Gasteiger partial charge in [0.25, 0.3) is 0 Å². The number of carbonyl (C=O) groups is 1. The van der Waals surface area contributed by atoms with Gasteiger partial charge in [-0.05, 0) is 53.6 Å². The summed E-state index contributed by atoms with van der Waals surface area (Å²) in [5, 5.41) is 21.3. The van der Waals surface area contributed by atoms with Crippen molar-refractivity contribution in [1.82, 2.24) is 15.3 Å². The molecule has 1 aromatic carbocycles. The number of thiophene rings is 1. The second kappa shape index (κ2) is 8.16. The van der Waals surface area contributed by atoms with Crippen molar-refractivity contribution in [2.45, 2.75) is 18.9 Å². The molecule has 0 spiro atoms. The summed E-state index contributed by atoms with van der Waals surface area (Å²) >= 11 is 1.65. The Morgan fingerprint density at radius 2 is 2.19 bits per heavy atom. The second-order valence-corrected chi connectivity index (χ2v) is 7.22. The third kappa shape index (κ3) is 3.77. The topological polar surface area (TPSA) is 83.2 Å².